The number of carbonyl (C=O) groups excluding carboxylic acids is 3. The van der Waals surface area contributed by atoms with Crippen LogP contribution in [0.1, 0.15) is 12.5 Å². The van der Waals surface area contributed by atoms with E-state index in [1.165, 1.54) is 6.08 Å². The van der Waals surface area contributed by atoms with Gasteiger partial charge in [-0.3, -0.25) is 19.3 Å². The molecule has 0 unspecified atom stereocenters. The zero-order valence-corrected chi connectivity index (χ0v) is 17.4. The Labute approximate surface area is 176 Å². The largest absolute Gasteiger partial charge is 0.491 e. The summed E-state index contributed by atoms with van der Waals surface area (Å²) in [6, 6.07) is 3.20. The second-order valence-electron chi connectivity index (χ2n) is 6.01. The third kappa shape index (κ3) is 4.63. The van der Waals surface area contributed by atoms with Crippen molar-refractivity contribution in [3.05, 3.63) is 32.6 Å². The number of rotatable bonds is 5. The highest BCUT2D eigenvalue weighted by Crippen LogP contribution is 2.37. The van der Waals surface area contributed by atoms with Crippen molar-refractivity contribution in [1.82, 2.24) is 9.80 Å². The summed E-state index contributed by atoms with van der Waals surface area (Å²) in [5.41, 5.74) is 0.559. The molecule has 2 heterocycles. The van der Waals surface area contributed by atoms with Gasteiger partial charge in [0.2, 0.25) is 5.91 Å². The molecule has 2 fully saturated rings. The number of hydrogen-bond donors (Lipinski definition) is 0. The Bertz CT molecular complexity index is 816. The van der Waals surface area contributed by atoms with Crippen LogP contribution >= 0.6 is 35.0 Å². The number of carbonyl (C=O) groups is 3. The van der Waals surface area contributed by atoms with Gasteiger partial charge in [-0.1, -0.05) is 23.2 Å². The molecule has 3 rings (SSSR count). The number of thioether (sulfide) groups is 1. The highest BCUT2D eigenvalue weighted by molar-refractivity contribution is 8.18. The molecule has 0 aliphatic carbocycles. The molecule has 7 nitrogen and oxygen atoms in total. The zero-order valence-electron chi connectivity index (χ0n) is 15.1. The molecule has 0 saturated carbocycles. The van der Waals surface area contributed by atoms with E-state index in [2.05, 4.69) is 0 Å². The number of hydrogen-bond acceptors (Lipinski definition) is 6. The molecular weight excluding hydrogens is 427 g/mol. The van der Waals surface area contributed by atoms with Crippen LogP contribution in [0, 0.1) is 0 Å². The first kappa shape index (κ1) is 21.0. The molecule has 1 aromatic carbocycles. The molecule has 2 saturated heterocycles. The molecule has 0 atom stereocenters. The summed E-state index contributed by atoms with van der Waals surface area (Å²) in [5, 5.41) is 0.130. The van der Waals surface area contributed by atoms with E-state index in [1.54, 1.807) is 17.0 Å². The summed E-state index contributed by atoms with van der Waals surface area (Å²) < 4.78 is 10.6. The normalized spacial score (nSPS) is 18.9. The summed E-state index contributed by atoms with van der Waals surface area (Å²) in [5.74, 6) is -0.427. The van der Waals surface area contributed by atoms with Crippen LogP contribution in [0.25, 0.3) is 6.08 Å². The topological polar surface area (TPSA) is 76.2 Å². The first-order chi connectivity index (χ1) is 13.4. The number of benzene rings is 1. The zero-order chi connectivity index (χ0) is 20.3. The predicted molar refractivity (Wildman–Crippen MR) is 108 cm³/mol. The fraction of sp³-hybridized carbons (Fsp3) is 0.389. The molecule has 2 aliphatic heterocycles. The van der Waals surface area contributed by atoms with E-state index in [9.17, 15) is 14.4 Å². The van der Waals surface area contributed by atoms with Gasteiger partial charge in [0.25, 0.3) is 11.1 Å². The quantitative estimate of drug-likeness (QED) is 0.648. The fourth-order valence-electron chi connectivity index (χ4n) is 2.78. The fourth-order valence-corrected chi connectivity index (χ4v) is 4.23. The summed E-state index contributed by atoms with van der Waals surface area (Å²) in [4.78, 5) is 39.9. The van der Waals surface area contributed by atoms with E-state index in [0.29, 0.717) is 54.3 Å². The van der Waals surface area contributed by atoms with E-state index in [4.69, 9.17) is 32.7 Å². The third-order valence-corrected chi connectivity index (χ3v) is 5.61. The van der Waals surface area contributed by atoms with E-state index in [1.807, 2.05) is 6.92 Å². The third-order valence-electron chi connectivity index (χ3n) is 4.14. The summed E-state index contributed by atoms with van der Waals surface area (Å²) in [6.07, 6.45) is 1.53. The van der Waals surface area contributed by atoms with Gasteiger partial charge >= 0.3 is 0 Å². The summed E-state index contributed by atoms with van der Waals surface area (Å²) >= 11 is 13.1. The highest BCUT2D eigenvalue weighted by Gasteiger charge is 2.37. The van der Waals surface area contributed by atoms with Crippen LogP contribution in [0.2, 0.25) is 10.0 Å². The maximum atomic E-state index is 12.6. The minimum absolute atomic E-state index is 0.205. The maximum Gasteiger partial charge on any atom is 0.294 e. The van der Waals surface area contributed by atoms with Gasteiger partial charge in [0.1, 0.15) is 6.54 Å². The lowest BCUT2D eigenvalue weighted by Crippen LogP contribution is -2.46. The molecule has 1 aromatic rings. The van der Waals surface area contributed by atoms with Crippen molar-refractivity contribution in [2.24, 2.45) is 0 Å². The van der Waals surface area contributed by atoms with Crippen LogP contribution in [-0.2, 0) is 14.3 Å². The van der Waals surface area contributed by atoms with E-state index in [0.717, 1.165) is 16.7 Å². The molecule has 2 aliphatic rings. The molecule has 0 N–H and O–H groups in total. The Morgan fingerprint density at radius 2 is 1.89 bits per heavy atom. The van der Waals surface area contributed by atoms with Gasteiger partial charge in [0.15, 0.2) is 5.75 Å². The van der Waals surface area contributed by atoms with Crippen LogP contribution in [0.5, 0.6) is 5.75 Å². The SMILES string of the molecule is CCOc1c(Cl)cc(/C=C2/SC(=O)N(CC(=O)N3CCOCC3)C2=O)cc1Cl. The van der Waals surface area contributed by atoms with Gasteiger partial charge in [-0.15, -0.1) is 0 Å². The van der Waals surface area contributed by atoms with Crippen molar-refractivity contribution in [3.8, 4) is 5.75 Å². The first-order valence-electron chi connectivity index (χ1n) is 8.63. The van der Waals surface area contributed by atoms with E-state index in [-0.39, 0.29) is 17.4 Å². The van der Waals surface area contributed by atoms with Gasteiger partial charge in [-0.05, 0) is 42.5 Å². The molecule has 0 aromatic heterocycles. The van der Waals surface area contributed by atoms with Crippen molar-refractivity contribution < 1.29 is 23.9 Å². The van der Waals surface area contributed by atoms with Gasteiger partial charge in [-0.25, -0.2) is 0 Å². The number of imide groups is 1. The van der Waals surface area contributed by atoms with Crippen molar-refractivity contribution >= 4 is 58.1 Å². The molecule has 0 bridgehead atoms. The van der Waals surface area contributed by atoms with Gasteiger partial charge < -0.3 is 14.4 Å². The molecular formula is C18H18Cl2N2O5S. The summed E-state index contributed by atoms with van der Waals surface area (Å²) in [7, 11) is 0. The van der Waals surface area contributed by atoms with Crippen LogP contribution < -0.4 is 4.74 Å². The standard InChI is InChI=1S/C18H18Cl2N2O5S/c1-2-27-16-12(19)7-11(8-13(16)20)9-14-17(24)22(18(25)28-14)10-15(23)21-3-5-26-6-4-21/h7-9H,2-6,10H2,1H3/b14-9+. The van der Waals surface area contributed by atoms with E-state index >= 15 is 0 Å². The van der Waals surface area contributed by atoms with Crippen molar-refractivity contribution in [2.75, 3.05) is 39.5 Å². The molecule has 150 valence electrons. The number of nitrogens with zero attached hydrogens (tertiary/aromatic N) is 2. The Morgan fingerprint density at radius 3 is 2.50 bits per heavy atom. The number of amides is 3. The smallest absolute Gasteiger partial charge is 0.294 e. The van der Waals surface area contributed by atoms with Crippen LogP contribution in [0.4, 0.5) is 4.79 Å². The maximum absolute atomic E-state index is 12.6. The highest BCUT2D eigenvalue weighted by atomic mass is 35.5. The van der Waals surface area contributed by atoms with Gasteiger partial charge in [0.05, 0.1) is 34.8 Å². The number of morpholine rings is 1. The minimum Gasteiger partial charge on any atom is -0.491 e. The lowest BCUT2D eigenvalue weighted by atomic mass is 10.2. The van der Waals surface area contributed by atoms with Crippen LogP contribution in [0.3, 0.4) is 0 Å². The lowest BCUT2D eigenvalue weighted by molar-refractivity contribution is -0.139. The minimum atomic E-state index is -0.516. The van der Waals surface area contributed by atoms with Crippen molar-refractivity contribution in [2.45, 2.75) is 6.92 Å². The van der Waals surface area contributed by atoms with Gasteiger partial charge in [0, 0.05) is 13.1 Å². The second kappa shape index (κ2) is 9.17. The second-order valence-corrected chi connectivity index (χ2v) is 7.82. The molecule has 0 radical (unpaired) electrons. The Hall–Kier alpha value is -1.74. The van der Waals surface area contributed by atoms with Crippen molar-refractivity contribution in [1.29, 1.82) is 0 Å². The van der Waals surface area contributed by atoms with Crippen LogP contribution in [0.15, 0.2) is 17.0 Å². The number of halogens is 2. The Kier molecular flexibility index (Phi) is 6.87. The average molecular weight is 445 g/mol. The molecule has 3 amide bonds. The Morgan fingerprint density at radius 1 is 1.25 bits per heavy atom. The van der Waals surface area contributed by atoms with Crippen LogP contribution in [-0.4, -0.2) is 66.3 Å². The first-order valence-corrected chi connectivity index (χ1v) is 10.2. The molecule has 0 spiro atoms. The van der Waals surface area contributed by atoms with E-state index < -0.39 is 11.1 Å². The predicted octanol–water partition coefficient (Wildman–Crippen LogP) is 3.29. The molecule has 28 heavy (non-hydrogen) atoms. The number of ether oxygens (including phenoxy) is 2. The molecule has 10 heteroatoms. The van der Waals surface area contributed by atoms with Crippen molar-refractivity contribution in [3.63, 3.8) is 0 Å². The summed E-state index contributed by atoms with van der Waals surface area (Å²) in [6.45, 7) is 3.75. The van der Waals surface area contributed by atoms with Gasteiger partial charge in [-0.2, -0.15) is 0 Å². The lowest BCUT2D eigenvalue weighted by Gasteiger charge is -2.28. The Balaban J connectivity index is 1.74. The monoisotopic (exact) mass is 444 g/mol. The average Bonchev–Trinajstić information content (AvgIpc) is 2.93.